The highest BCUT2D eigenvalue weighted by Crippen LogP contribution is 1.98. The molecule has 0 aliphatic rings. The Morgan fingerprint density at radius 1 is 1.69 bits per heavy atom. The summed E-state index contributed by atoms with van der Waals surface area (Å²) in [6.07, 6.45) is 5.33. The van der Waals surface area contributed by atoms with E-state index in [1.54, 1.807) is 6.33 Å². The van der Waals surface area contributed by atoms with Gasteiger partial charge >= 0.3 is 0 Å². The Kier molecular flexibility index (Phi) is 4.49. The Balaban J connectivity index is 2.02. The molecule has 74 valence electrons. The molecule has 4 nitrogen and oxygen atoms in total. The van der Waals surface area contributed by atoms with E-state index in [0.29, 0.717) is 6.61 Å². The van der Waals surface area contributed by atoms with Crippen LogP contribution in [0, 0.1) is 0 Å². The van der Waals surface area contributed by atoms with Crippen LogP contribution < -0.4 is 0 Å². The average Bonchev–Trinajstić information content (AvgIpc) is 2.64. The molecule has 0 amide bonds. The molecule has 1 aromatic heterocycles. The lowest BCUT2D eigenvalue weighted by Gasteiger charge is -2.08. The smallest absolute Gasteiger partial charge is 0.0921 e. The van der Waals surface area contributed by atoms with Gasteiger partial charge in [-0.05, 0) is 19.8 Å². The first-order chi connectivity index (χ1) is 6.33. The SMILES string of the molecule is CC(CO)OCCCc1cnc[nH]1. The number of aromatic nitrogens is 2. The summed E-state index contributed by atoms with van der Waals surface area (Å²) in [6, 6.07) is 0. The van der Waals surface area contributed by atoms with Gasteiger partial charge in [0, 0.05) is 18.5 Å². The first-order valence-electron chi connectivity index (χ1n) is 4.52. The average molecular weight is 184 g/mol. The van der Waals surface area contributed by atoms with Crippen molar-refractivity contribution < 1.29 is 9.84 Å². The van der Waals surface area contributed by atoms with Gasteiger partial charge in [-0.15, -0.1) is 0 Å². The van der Waals surface area contributed by atoms with Crippen LogP contribution in [0.25, 0.3) is 0 Å². The van der Waals surface area contributed by atoms with E-state index in [-0.39, 0.29) is 12.7 Å². The molecule has 4 heteroatoms. The number of aromatic amines is 1. The molecule has 1 unspecified atom stereocenters. The quantitative estimate of drug-likeness (QED) is 0.641. The van der Waals surface area contributed by atoms with Gasteiger partial charge in [-0.2, -0.15) is 0 Å². The lowest BCUT2D eigenvalue weighted by molar-refractivity contribution is 0.0239. The van der Waals surface area contributed by atoms with Gasteiger partial charge in [0.2, 0.25) is 0 Å². The van der Waals surface area contributed by atoms with Crippen molar-refractivity contribution >= 4 is 0 Å². The molecule has 1 heterocycles. The zero-order chi connectivity index (χ0) is 9.52. The van der Waals surface area contributed by atoms with Crippen LogP contribution in [0.2, 0.25) is 0 Å². The number of ether oxygens (including phenoxy) is 1. The molecule has 1 rings (SSSR count). The summed E-state index contributed by atoms with van der Waals surface area (Å²) < 4.78 is 5.31. The van der Waals surface area contributed by atoms with Crippen molar-refractivity contribution in [1.29, 1.82) is 0 Å². The molecule has 0 aromatic carbocycles. The van der Waals surface area contributed by atoms with Crippen LogP contribution in [-0.2, 0) is 11.2 Å². The third-order valence-electron chi connectivity index (χ3n) is 1.80. The number of aliphatic hydroxyl groups excluding tert-OH is 1. The fourth-order valence-corrected chi connectivity index (χ4v) is 1.02. The van der Waals surface area contributed by atoms with Crippen LogP contribution in [0.3, 0.4) is 0 Å². The summed E-state index contributed by atoms with van der Waals surface area (Å²) >= 11 is 0. The van der Waals surface area contributed by atoms with Gasteiger partial charge in [-0.3, -0.25) is 0 Å². The molecule has 0 fully saturated rings. The fourth-order valence-electron chi connectivity index (χ4n) is 1.02. The number of aliphatic hydroxyl groups is 1. The van der Waals surface area contributed by atoms with E-state index in [4.69, 9.17) is 9.84 Å². The van der Waals surface area contributed by atoms with E-state index in [0.717, 1.165) is 18.5 Å². The summed E-state index contributed by atoms with van der Waals surface area (Å²) in [5.74, 6) is 0. The molecule has 1 aromatic rings. The van der Waals surface area contributed by atoms with Gasteiger partial charge in [-0.25, -0.2) is 4.98 Å². The van der Waals surface area contributed by atoms with Crippen molar-refractivity contribution in [3.63, 3.8) is 0 Å². The molecule has 0 saturated heterocycles. The molecule has 0 spiro atoms. The summed E-state index contributed by atoms with van der Waals surface area (Å²) in [7, 11) is 0. The highest BCUT2D eigenvalue weighted by atomic mass is 16.5. The van der Waals surface area contributed by atoms with Gasteiger partial charge in [0.1, 0.15) is 0 Å². The van der Waals surface area contributed by atoms with Crippen molar-refractivity contribution in [1.82, 2.24) is 9.97 Å². The normalized spacial score (nSPS) is 13.1. The second kappa shape index (κ2) is 5.72. The minimum atomic E-state index is -0.0539. The maximum absolute atomic E-state index is 8.68. The van der Waals surface area contributed by atoms with Crippen LogP contribution in [0.5, 0.6) is 0 Å². The Bertz CT molecular complexity index is 211. The maximum Gasteiger partial charge on any atom is 0.0921 e. The van der Waals surface area contributed by atoms with Gasteiger partial charge in [0.25, 0.3) is 0 Å². The van der Waals surface area contributed by atoms with Gasteiger partial charge in [0.05, 0.1) is 19.0 Å². The predicted molar refractivity (Wildman–Crippen MR) is 49.4 cm³/mol. The molecular weight excluding hydrogens is 168 g/mol. The van der Waals surface area contributed by atoms with Gasteiger partial charge in [0.15, 0.2) is 0 Å². The van der Waals surface area contributed by atoms with Crippen molar-refractivity contribution in [2.24, 2.45) is 0 Å². The number of rotatable bonds is 6. The number of nitrogens with one attached hydrogen (secondary N) is 1. The summed E-state index contributed by atoms with van der Waals surface area (Å²) in [4.78, 5) is 6.94. The lowest BCUT2D eigenvalue weighted by Crippen LogP contribution is -2.13. The van der Waals surface area contributed by atoms with Crippen LogP contribution in [-0.4, -0.2) is 34.4 Å². The monoisotopic (exact) mass is 184 g/mol. The number of hydrogen-bond donors (Lipinski definition) is 2. The minimum Gasteiger partial charge on any atom is -0.394 e. The second-order valence-electron chi connectivity index (χ2n) is 3.04. The standard InChI is InChI=1S/C9H16N2O2/c1-8(6-12)13-4-2-3-9-5-10-7-11-9/h5,7-8,12H,2-4,6H2,1H3,(H,10,11). The Hall–Kier alpha value is -0.870. The molecule has 0 radical (unpaired) electrons. The zero-order valence-electron chi connectivity index (χ0n) is 7.86. The molecule has 0 aliphatic heterocycles. The Morgan fingerprint density at radius 3 is 3.15 bits per heavy atom. The largest absolute Gasteiger partial charge is 0.394 e. The van der Waals surface area contributed by atoms with Crippen LogP contribution in [0.4, 0.5) is 0 Å². The van der Waals surface area contributed by atoms with E-state index in [1.165, 1.54) is 0 Å². The van der Waals surface area contributed by atoms with Crippen LogP contribution in [0.15, 0.2) is 12.5 Å². The van der Waals surface area contributed by atoms with Crippen LogP contribution in [0.1, 0.15) is 19.0 Å². The summed E-state index contributed by atoms with van der Waals surface area (Å²) in [5.41, 5.74) is 1.13. The van der Waals surface area contributed by atoms with Crippen LogP contribution >= 0.6 is 0 Å². The molecule has 1 atom stereocenters. The summed E-state index contributed by atoms with van der Waals surface area (Å²) in [5, 5.41) is 8.68. The Labute approximate surface area is 78.0 Å². The van der Waals surface area contributed by atoms with E-state index >= 15 is 0 Å². The fraction of sp³-hybridized carbons (Fsp3) is 0.667. The number of imidazole rings is 1. The van der Waals surface area contributed by atoms with E-state index in [9.17, 15) is 0 Å². The van der Waals surface area contributed by atoms with Crippen molar-refractivity contribution in [2.45, 2.75) is 25.9 Å². The maximum atomic E-state index is 8.68. The van der Waals surface area contributed by atoms with E-state index < -0.39 is 0 Å². The molecule has 0 saturated carbocycles. The molecule has 0 bridgehead atoms. The highest BCUT2D eigenvalue weighted by molar-refractivity contribution is 4.93. The third-order valence-corrected chi connectivity index (χ3v) is 1.80. The minimum absolute atomic E-state index is 0.0539. The molecular formula is C9H16N2O2. The molecule has 0 aliphatic carbocycles. The van der Waals surface area contributed by atoms with E-state index in [1.807, 2.05) is 13.1 Å². The van der Waals surface area contributed by atoms with Crippen molar-refractivity contribution in [2.75, 3.05) is 13.2 Å². The highest BCUT2D eigenvalue weighted by Gasteiger charge is 1.99. The number of nitrogens with zero attached hydrogens (tertiary/aromatic N) is 1. The first kappa shape index (κ1) is 10.2. The molecule has 13 heavy (non-hydrogen) atoms. The Morgan fingerprint density at radius 2 is 2.54 bits per heavy atom. The lowest BCUT2D eigenvalue weighted by atomic mass is 10.2. The van der Waals surface area contributed by atoms with Crippen molar-refractivity contribution in [3.8, 4) is 0 Å². The first-order valence-corrected chi connectivity index (χ1v) is 4.52. The molecule has 2 N–H and O–H groups in total. The number of hydrogen-bond acceptors (Lipinski definition) is 3. The predicted octanol–water partition coefficient (Wildman–Crippen LogP) is 0.740. The number of H-pyrrole nitrogens is 1. The zero-order valence-corrected chi connectivity index (χ0v) is 7.86. The topological polar surface area (TPSA) is 58.1 Å². The second-order valence-corrected chi connectivity index (χ2v) is 3.04. The van der Waals surface area contributed by atoms with Crippen molar-refractivity contribution in [3.05, 3.63) is 18.2 Å². The van der Waals surface area contributed by atoms with Gasteiger partial charge < -0.3 is 14.8 Å². The van der Waals surface area contributed by atoms with E-state index in [2.05, 4.69) is 9.97 Å². The van der Waals surface area contributed by atoms with Gasteiger partial charge in [-0.1, -0.05) is 0 Å². The third kappa shape index (κ3) is 4.05. The summed E-state index contributed by atoms with van der Waals surface area (Å²) in [6.45, 7) is 2.63. The number of aryl methyl sites for hydroxylation is 1.